The van der Waals surface area contributed by atoms with Crippen molar-refractivity contribution < 1.29 is 9.53 Å². The van der Waals surface area contributed by atoms with Crippen LogP contribution >= 0.6 is 22.6 Å². The average molecular weight is 357 g/mol. The third-order valence-electron chi connectivity index (χ3n) is 2.65. The monoisotopic (exact) mass is 357 g/mol. The molecule has 0 radical (unpaired) electrons. The highest BCUT2D eigenvalue weighted by atomic mass is 127. The van der Waals surface area contributed by atoms with Crippen LogP contribution in [0, 0.1) is 10.5 Å². The molecule has 0 amide bonds. The van der Waals surface area contributed by atoms with E-state index in [-0.39, 0.29) is 5.56 Å². The first-order chi connectivity index (χ1) is 8.54. The summed E-state index contributed by atoms with van der Waals surface area (Å²) in [6.45, 7) is 3.76. The van der Waals surface area contributed by atoms with Gasteiger partial charge in [0.15, 0.2) is 0 Å². The molecule has 94 valence electrons. The molecule has 0 aliphatic carbocycles. The summed E-state index contributed by atoms with van der Waals surface area (Å²) in [4.78, 5) is 26.5. The number of halogens is 1. The fourth-order valence-electron chi connectivity index (χ4n) is 1.89. The Bertz CT molecular complexity index is 676. The maximum Gasteiger partial charge on any atom is 0.340 e. The minimum Gasteiger partial charge on any atom is -0.462 e. The van der Waals surface area contributed by atoms with Crippen LogP contribution in [0.3, 0.4) is 0 Å². The number of pyridine rings is 1. The van der Waals surface area contributed by atoms with Crippen LogP contribution in [-0.4, -0.2) is 17.6 Å². The molecule has 2 aromatic rings. The van der Waals surface area contributed by atoms with Gasteiger partial charge in [-0.2, -0.15) is 0 Å². The van der Waals surface area contributed by atoms with Crippen LogP contribution < -0.4 is 5.56 Å². The quantitative estimate of drug-likeness (QED) is 0.664. The lowest BCUT2D eigenvalue weighted by Crippen LogP contribution is -2.16. The Morgan fingerprint density at radius 1 is 1.39 bits per heavy atom. The van der Waals surface area contributed by atoms with E-state index in [0.717, 1.165) is 3.57 Å². The van der Waals surface area contributed by atoms with Crippen molar-refractivity contribution in [1.29, 1.82) is 0 Å². The van der Waals surface area contributed by atoms with E-state index in [1.807, 2.05) is 12.1 Å². The Balaban J connectivity index is 2.82. The van der Waals surface area contributed by atoms with E-state index in [2.05, 4.69) is 27.6 Å². The molecule has 0 unspecified atom stereocenters. The van der Waals surface area contributed by atoms with Crippen molar-refractivity contribution in [3.63, 3.8) is 0 Å². The van der Waals surface area contributed by atoms with Gasteiger partial charge in [0.25, 0.3) is 5.56 Å². The predicted octanol–water partition coefficient (Wildman–Crippen LogP) is 2.62. The molecule has 0 saturated heterocycles. The molecule has 18 heavy (non-hydrogen) atoms. The second-order valence-corrected chi connectivity index (χ2v) is 5.11. The van der Waals surface area contributed by atoms with Crippen molar-refractivity contribution in [2.75, 3.05) is 6.61 Å². The van der Waals surface area contributed by atoms with Crippen molar-refractivity contribution in [3.05, 3.63) is 43.4 Å². The molecule has 2 rings (SSSR count). The highest BCUT2D eigenvalue weighted by Gasteiger charge is 2.16. The van der Waals surface area contributed by atoms with E-state index in [4.69, 9.17) is 4.74 Å². The zero-order chi connectivity index (χ0) is 13.3. The van der Waals surface area contributed by atoms with Gasteiger partial charge in [0.05, 0.1) is 12.2 Å². The van der Waals surface area contributed by atoms with Crippen LogP contribution in [0.25, 0.3) is 10.8 Å². The second-order valence-electron chi connectivity index (χ2n) is 3.86. The van der Waals surface area contributed by atoms with E-state index < -0.39 is 5.97 Å². The first-order valence-corrected chi connectivity index (χ1v) is 6.61. The minimum atomic E-state index is -0.404. The number of hydrogen-bond acceptors (Lipinski definition) is 3. The molecule has 0 bridgehead atoms. The van der Waals surface area contributed by atoms with Crippen LogP contribution in [-0.2, 0) is 4.74 Å². The minimum absolute atomic E-state index is 0.188. The van der Waals surface area contributed by atoms with Gasteiger partial charge in [0.1, 0.15) is 0 Å². The van der Waals surface area contributed by atoms with Gasteiger partial charge in [-0.1, -0.05) is 0 Å². The highest BCUT2D eigenvalue weighted by Crippen LogP contribution is 2.21. The SMILES string of the molecule is CCOC(=O)c1c(C)[nH]c(=O)c2ccc(I)cc12. The maximum atomic E-state index is 12.0. The summed E-state index contributed by atoms with van der Waals surface area (Å²) in [5.74, 6) is -0.404. The lowest BCUT2D eigenvalue weighted by atomic mass is 10.0. The number of H-pyrrole nitrogens is 1. The standard InChI is InChI=1S/C13H12INO3/c1-3-18-13(17)11-7(2)15-12(16)9-5-4-8(14)6-10(9)11/h4-6H,3H2,1-2H3,(H,15,16). The number of carbonyl (C=O) groups is 1. The van der Waals surface area contributed by atoms with E-state index in [0.29, 0.717) is 28.6 Å². The molecular formula is C13H12INO3. The first kappa shape index (κ1) is 13.1. The lowest BCUT2D eigenvalue weighted by molar-refractivity contribution is 0.0527. The molecule has 1 aromatic heterocycles. The molecule has 0 fully saturated rings. The van der Waals surface area contributed by atoms with E-state index in [1.54, 1.807) is 19.9 Å². The zero-order valence-corrected chi connectivity index (χ0v) is 12.2. The van der Waals surface area contributed by atoms with Crippen molar-refractivity contribution in [1.82, 2.24) is 4.98 Å². The Kier molecular flexibility index (Phi) is 3.70. The molecule has 0 spiro atoms. The number of nitrogens with one attached hydrogen (secondary N) is 1. The van der Waals surface area contributed by atoms with Crippen LogP contribution in [0.2, 0.25) is 0 Å². The lowest BCUT2D eigenvalue weighted by Gasteiger charge is -2.09. The third-order valence-corrected chi connectivity index (χ3v) is 3.32. The van der Waals surface area contributed by atoms with E-state index in [1.165, 1.54) is 0 Å². The van der Waals surface area contributed by atoms with Crippen molar-refractivity contribution in [3.8, 4) is 0 Å². The summed E-state index contributed by atoms with van der Waals surface area (Å²) in [5.41, 5.74) is 0.782. The zero-order valence-electron chi connectivity index (χ0n) is 10.0. The fraction of sp³-hybridized carbons (Fsp3) is 0.231. The van der Waals surface area contributed by atoms with Gasteiger partial charge in [-0.15, -0.1) is 0 Å². The molecule has 1 heterocycles. The normalized spacial score (nSPS) is 10.6. The number of aryl methyl sites for hydroxylation is 1. The van der Waals surface area contributed by atoms with Gasteiger partial charge in [-0.3, -0.25) is 4.79 Å². The topological polar surface area (TPSA) is 59.2 Å². The van der Waals surface area contributed by atoms with Gasteiger partial charge in [0, 0.05) is 20.0 Å². The van der Waals surface area contributed by atoms with Gasteiger partial charge in [-0.05, 0) is 54.6 Å². The molecule has 1 N–H and O–H groups in total. The van der Waals surface area contributed by atoms with Crippen LogP contribution in [0.1, 0.15) is 23.0 Å². The Morgan fingerprint density at radius 3 is 2.78 bits per heavy atom. The average Bonchev–Trinajstić information content (AvgIpc) is 2.28. The molecule has 0 aliphatic rings. The molecule has 0 saturated carbocycles. The van der Waals surface area contributed by atoms with Gasteiger partial charge < -0.3 is 9.72 Å². The molecule has 1 aromatic carbocycles. The largest absolute Gasteiger partial charge is 0.462 e. The number of esters is 1. The summed E-state index contributed by atoms with van der Waals surface area (Å²) >= 11 is 2.15. The van der Waals surface area contributed by atoms with Crippen molar-refractivity contribution in [2.45, 2.75) is 13.8 Å². The molecule has 4 nitrogen and oxygen atoms in total. The highest BCUT2D eigenvalue weighted by molar-refractivity contribution is 14.1. The third kappa shape index (κ3) is 2.27. The summed E-state index contributed by atoms with van der Waals surface area (Å²) < 4.78 is 6.00. The van der Waals surface area contributed by atoms with Crippen molar-refractivity contribution in [2.24, 2.45) is 0 Å². The van der Waals surface area contributed by atoms with Crippen molar-refractivity contribution >= 4 is 39.3 Å². The number of carbonyl (C=O) groups excluding carboxylic acids is 1. The fourth-order valence-corrected chi connectivity index (χ4v) is 2.38. The Labute approximate surface area is 117 Å². The Morgan fingerprint density at radius 2 is 2.11 bits per heavy atom. The summed E-state index contributed by atoms with van der Waals surface area (Å²) in [6.07, 6.45) is 0. The van der Waals surface area contributed by atoms with E-state index >= 15 is 0 Å². The van der Waals surface area contributed by atoms with Crippen LogP contribution in [0.5, 0.6) is 0 Å². The van der Waals surface area contributed by atoms with Gasteiger partial charge in [0.2, 0.25) is 0 Å². The van der Waals surface area contributed by atoms with Crippen LogP contribution in [0.15, 0.2) is 23.0 Å². The molecule has 5 heteroatoms. The predicted molar refractivity (Wildman–Crippen MR) is 78.0 cm³/mol. The molecular weight excluding hydrogens is 345 g/mol. The number of ether oxygens (including phenoxy) is 1. The number of rotatable bonds is 2. The number of hydrogen-bond donors (Lipinski definition) is 1. The number of aromatic nitrogens is 1. The Hall–Kier alpha value is -1.37. The molecule has 0 atom stereocenters. The second kappa shape index (κ2) is 5.09. The molecule has 0 aliphatic heterocycles. The van der Waals surface area contributed by atoms with Gasteiger partial charge in [-0.25, -0.2) is 4.79 Å². The summed E-state index contributed by atoms with van der Waals surface area (Å²) in [6, 6.07) is 5.38. The van der Waals surface area contributed by atoms with E-state index in [9.17, 15) is 9.59 Å². The smallest absolute Gasteiger partial charge is 0.340 e. The van der Waals surface area contributed by atoms with Gasteiger partial charge >= 0.3 is 5.97 Å². The first-order valence-electron chi connectivity index (χ1n) is 5.54. The maximum absolute atomic E-state index is 12.0. The van der Waals surface area contributed by atoms with Crippen LogP contribution in [0.4, 0.5) is 0 Å². The number of benzene rings is 1. The summed E-state index contributed by atoms with van der Waals surface area (Å²) in [7, 11) is 0. The summed E-state index contributed by atoms with van der Waals surface area (Å²) in [5, 5.41) is 1.14. The number of aromatic amines is 1. The number of fused-ring (bicyclic) bond motifs is 1.